The highest BCUT2D eigenvalue weighted by Crippen LogP contribution is 2.26. The Morgan fingerprint density at radius 1 is 1.50 bits per heavy atom. The summed E-state index contributed by atoms with van der Waals surface area (Å²) in [6.07, 6.45) is 0. The van der Waals surface area contributed by atoms with Gasteiger partial charge in [0.2, 0.25) is 0 Å². The molecule has 1 rings (SSSR count). The molecule has 0 bridgehead atoms. The summed E-state index contributed by atoms with van der Waals surface area (Å²) in [5.74, 6) is 0. The van der Waals surface area contributed by atoms with Gasteiger partial charge in [-0.05, 0) is 34.1 Å². The molecule has 0 fully saturated rings. The van der Waals surface area contributed by atoms with Gasteiger partial charge in [-0.1, -0.05) is 34.8 Å². The van der Waals surface area contributed by atoms with E-state index in [-0.39, 0.29) is 0 Å². The average molecular weight is 315 g/mol. The fraction of sp³-hybridized carbons (Fsp3) is 0.111. The molecule has 1 N–H and O–H groups in total. The van der Waals surface area contributed by atoms with Gasteiger partial charge in [0.1, 0.15) is 0 Å². The summed E-state index contributed by atoms with van der Waals surface area (Å²) in [5, 5.41) is 4.30. The second-order valence-corrected chi connectivity index (χ2v) is 4.53. The molecule has 0 aliphatic heterocycles. The zero-order chi connectivity index (χ0) is 10.6. The van der Waals surface area contributed by atoms with E-state index in [0.29, 0.717) is 16.6 Å². The molecule has 0 atom stereocenters. The Morgan fingerprint density at radius 2 is 2.21 bits per heavy atom. The van der Waals surface area contributed by atoms with E-state index in [1.165, 1.54) is 5.54 Å². The largest absolute Gasteiger partial charge is 0.379 e. The van der Waals surface area contributed by atoms with Gasteiger partial charge in [0.15, 0.2) is 0 Å². The average Bonchev–Trinajstić information content (AvgIpc) is 2.19. The SMILES string of the molecule is Cl/C=C(/Cl)CNc1cc(Cl)ccc1Br. The fourth-order valence-electron chi connectivity index (χ4n) is 0.851. The van der Waals surface area contributed by atoms with Crippen molar-refractivity contribution >= 4 is 56.4 Å². The van der Waals surface area contributed by atoms with Gasteiger partial charge < -0.3 is 5.32 Å². The minimum Gasteiger partial charge on any atom is -0.379 e. The number of rotatable bonds is 3. The molecule has 0 amide bonds. The number of halogens is 4. The van der Waals surface area contributed by atoms with E-state index in [2.05, 4.69) is 21.2 Å². The Morgan fingerprint density at radius 3 is 2.86 bits per heavy atom. The fourth-order valence-corrected chi connectivity index (χ4v) is 1.55. The number of benzene rings is 1. The van der Waals surface area contributed by atoms with Gasteiger partial charge in [0.05, 0.1) is 12.2 Å². The van der Waals surface area contributed by atoms with Gasteiger partial charge in [-0.25, -0.2) is 0 Å². The van der Waals surface area contributed by atoms with Crippen molar-refractivity contribution in [3.8, 4) is 0 Å². The van der Waals surface area contributed by atoms with Gasteiger partial charge >= 0.3 is 0 Å². The quantitative estimate of drug-likeness (QED) is 0.842. The van der Waals surface area contributed by atoms with Crippen molar-refractivity contribution in [3.05, 3.63) is 38.3 Å². The second-order valence-electron chi connectivity index (χ2n) is 2.53. The first-order chi connectivity index (χ1) is 6.63. The van der Waals surface area contributed by atoms with E-state index in [1.807, 2.05) is 12.1 Å². The smallest absolute Gasteiger partial charge is 0.0517 e. The Bertz CT molecular complexity index is 352. The van der Waals surface area contributed by atoms with Crippen LogP contribution < -0.4 is 5.32 Å². The Hall–Kier alpha value is 0.110. The van der Waals surface area contributed by atoms with Crippen LogP contribution in [0, 0.1) is 0 Å². The third kappa shape index (κ3) is 3.70. The first kappa shape index (κ1) is 12.2. The lowest BCUT2D eigenvalue weighted by Crippen LogP contribution is -2.01. The van der Waals surface area contributed by atoms with Crippen molar-refractivity contribution in [2.24, 2.45) is 0 Å². The van der Waals surface area contributed by atoms with Crippen LogP contribution in [0.3, 0.4) is 0 Å². The van der Waals surface area contributed by atoms with E-state index in [0.717, 1.165) is 10.2 Å². The van der Waals surface area contributed by atoms with Gasteiger partial charge in [0.25, 0.3) is 0 Å². The third-order valence-electron chi connectivity index (χ3n) is 1.49. The number of nitrogens with one attached hydrogen (secondary N) is 1. The monoisotopic (exact) mass is 313 g/mol. The molecule has 0 heterocycles. The van der Waals surface area contributed by atoms with Crippen molar-refractivity contribution < 1.29 is 0 Å². The van der Waals surface area contributed by atoms with Gasteiger partial charge in [-0.15, -0.1) is 0 Å². The maximum absolute atomic E-state index is 5.83. The maximum atomic E-state index is 5.83. The summed E-state index contributed by atoms with van der Waals surface area (Å²) >= 11 is 20.4. The normalized spacial score (nSPS) is 11.6. The summed E-state index contributed by atoms with van der Waals surface area (Å²) in [4.78, 5) is 0. The van der Waals surface area contributed by atoms with E-state index < -0.39 is 0 Å². The molecule has 0 spiro atoms. The van der Waals surface area contributed by atoms with Crippen molar-refractivity contribution in [2.75, 3.05) is 11.9 Å². The molecule has 0 saturated carbocycles. The Kier molecular flexibility index (Phi) is 5.10. The standard InChI is InChI=1S/C9H7BrCl3N/c10-8-2-1-6(12)3-9(8)14-5-7(13)4-11/h1-4,14H,5H2/b7-4+. The predicted octanol–water partition coefficient (Wildman–Crippen LogP) is 4.83. The number of hydrogen-bond donors (Lipinski definition) is 1. The van der Waals surface area contributed by atoms with Crippen LogP contribution in [0.1, 0.15) is 0 Å². The van der Waals surface area contributed by atoms with E-state index >= 15 is 0 Å². The highest BCUT2D eigenvalue weighted by Gasteiger charge is 2.00. The number of hydrogen-bond acceptors (Lipinski definition) is 1. The maximum Gasteiger partial charge on any atom is 0.0517 e. The van der Waals surface area contributed by atoms with Crippen LogP contribution in [0.5, 0.6) is 0 Å². The molecule has 0 saturated heterocycles. The molecule has 0 aromatic heterocycles. The minimum atomic E-state index is 0.476. The van der Waals surface area contributed by atoms with Crippen molar-refractivity contribution in [3.63, 3.8) is 0 Å². The lowest BCUT2D eigenvalue weighted by atomic mass is 10.3. The molecule has 1 aromatic rings. The highest BCUT2D eigenvalue weighted by atomic mass is 79.9. The summed E-state index contributed by atoms with van der Waals surface area (Å²) in [5.41, 5.74) is 2.21. The molecule has 0 aliphatic carbocycles. The van der Waals surface area contributed by atoms with E-state index in [9.17, 15) is 0 Å². The lowest BCUT2D eigenvalue weighted by molar-refractivity contribution is 1.30. The van der Waals surface area contributed by atoms with Crippen molar-refractivity contribution in [2.45, 2.75) is 0 Å². The molecular formula is C9H7BrCl3N. The van der Waals surface area contributed by atoms with Gasteiger partial charge in [-0.3, -0.25) is 0 Å². The van der Waals surface area contributed by atoms with Crippen LogP contribution >= 0.6 is 50.7 Å². The topological polar surface area (TPSA) is 12.0 Å². The summed E-state index contributed by atoms with van der Waals surface area (Å²) in [6, 6.07) is 5.48. The minimum absolute atomic E-state index is 0.476. The second kappa shape index (κ2) is 5.86. The molecule has 76 valence electrons. The molecular weight excluding hydrogens is 308 g/mol. The molecule has 0 radical (unpaired) electrons. The zero-order valence-corrected chi connectivity index (χ0v) is 10.9. The van der Waals surface area contributed by atoms with Gasteiger partial charge in [0, 0.05) is 20.1 Å². The Labute approximate surface area is 106 Å². The molecule has 1 nitrogen and oxygen atoms in total. The Balaban J connectivity index is 2.71. The van der Waals surface area contributed by atoms with Crippen LogP contribution in [0.2, 0.25) is 5.02 Å². The van der Waals surface area contributed by atoms with Crippen LogP contribution in [0.15, 0.2) is 33.2 Å². The first-order valence-corrected chi connectivity index (χ1v) is 5.75. The highest BCUT2D eigenvalue weighted by molar-refractivity contribution is 9.10. The van der Waals surface area contributed by atoms with Gasteiger partial charge in [-0.2, -0.15) is 0 Å². The van der Waals surface area contributed by atoms with Crippen LogP contribution in [-0.4, -0.2) is 6.54 Å². The van der Waals surface area contributed by atoms with Crippen LogP contribution in [0.4, 0.5) is 5.69 Å². The first-order valence-electron chi connectivity index (χ1n) is 3.77. The van der Waals surface area contributed by atoms with Crippen molar-refractivity contribution in [1.29, 1.82) is 0 Å². The van der Waals surface area contributed by atoms with E-state index in [1.54, 1.807) is 6.07 Å². The molecule has 5 heteroatoms. The molecule has 14 heavy (non-hydrogen) atoms. The third-order valence-corrected chi connectivity index (χ3v) is 3.04. The number of anilines is 1. The summed E-state index contributed by atoms with van der Waals surface area (Å²) in [7, 11) is 0. The predicted molar refractivity (Wildman–Crippen MR) is 67.4 cm³/mol. The molecule has 1 aromatic carbocycles. The summed E-state index contributed by atoms with van der Waals surface area (Å²) in [6.45, 7) is 0.476. The lowest BCUT2D eigenvalue weighted by Gasteiger charge is -2.07. The van der Waals surface area contributed by atoms with Crippen LogP contribution in [-0.2, 0) is 0 Å². The van der Waals surface area contributed by atoms with Crippen LogP contribution in [0.25, 0.3) is 0 Å². The summed E-state index contributed by atoms with van der Waals surface area (Å²) < 4.78 is 0.931. The van der Waals surface area contributed by atoms with E-state index in [4.69, 9.17) is 34.8 Å². The molecule has 0 aliphatic rings. The zero-order valence-electron chi connectivity index (χ0n) is 7.03. The van der Waals surface area contributed by atoms with Crippen molar-refractivity contribution in [1.82, 2.24) is 0 Å². The molecule has 0 unspecified atom stereocenters.